The summed E-state index contributed by atoms with van der Waals surface area (Å²) in [6.45, 7) is 0. The molecule has 3 rings (SSSR count). The van der Waals surface area contributed by atoms with Gasteiger partial charge in [-0.25, -0.2) is 0 Å². The van der Waals surface area contributed by atoms with E-state index in [0.29, 0.717) is 22.3 Å². The molecule has 0 aliphatic heterocycles. The molecule has 0 amide bonds. The number of aromatic nitrogens is 2. The molecule has 0 bridgehead atoms. The smallest absolute Gasteiger partial charge is 0.153 e. The lowest BCUT2D eigenvalue weighted by molar-refractivity contribution is 0.112. The van der Waals surface area contributed by atoms with E-state index in [-0.39, 0.29) is 0 Å². The summed E-state index contributed by atoms with van der Waals surface area (Å²) in [5.74, 6) is 0. The van der Waals surface area contributed by atoms with E-state index < -0.39 is 0 Å². The highest BCUT2D eigenvalue weighted by atomic mass is 79.9. The van der Waals surface area contributed by atoms with E-state index >= 15 is 0 Å². The lowest BCUT2D eigenvalue weighted by Crippen LogP contribution is -2.04. The predicted octanol–water partition coefficient (Wildman–Crippen LogP) is 4.89. The summed E-state index contributed by atoms with van der Waals surface area (Å²) in [6, 6.07) is 6.03. The SMILES string of the molecule is O=Cc1cn(C2CCCC2)nc1-c1ccc(Br)cc1Cl. The maximum Gasteiger partial charge on any atom is 0.153 e. The standard InChI is InChI=1S/C15H14BrClN2O/c16-11-5-6-13(14(17)7-11)15-10(9-20)8-19(18-15)12-3-1-2-4-12/h5-9,12H,1-4H2. The molecule has 1 aliphatic rings. The van der Waals surface area contributed by atoms with Crippen LogP contribution in [0.2, 0.25) is 5.02 Å². The van der Waals surface area contributed by atoms with Crippen molar-refractivity contribution in [3.8, 4) is 11.3 Å². The second kappa shape index (κ2) is 5.70. The Morgan fingerprint density at radius 1 is 1.35 bits per heavy atom. The van der Waals surface area contributed by atoms with Crippen LogP contribution in [0.25, 0.3) is 11.3 Å². The minimum Gasteiger partial charge on any atom is -0.298 e. The van der Waals surface area contributed by atoms with Gasteiger partial charge in [0.1, 0.15) is 5.69 Å². The van der Waals surface area contributed by atoms with E-state index in [0.717, 1.165) is 29.2 Å². The molecule has 0 saturated heterocycles. The highest BCUT2D eigenvalue weighted by Crippen LogP contribution is 2.34. The second-order valence-corrected chi connectivity index (χ2v) is 6.42. The Morgan fingerprint density at radius 2 is 2.10 bits per heavy atom. The molecule has 5 heteroatoms. The van der Waals surface area contributed by atoms with Crippen LogP contribution in [0.1, 0.15) is 42.1 Å². The van der Waals surface area contributed by atoms with Crippen LogP contribution in [-0.2, 0) is 0 Å². The Bertz CT molecular complexity index is 647. The van der Waals surface area contributed by atoms with E-state index in [1.165, 1.54) is 12.8 Å². The fourth-order valence-corrected chi connectivity index (χ4v) is 3.50. The molecular weight excluding hydrogens is 340 g/mol. The second-order valence-electron chi connectivity index (χ2n) is 5.09. The Morgan fingerprint density at radius 3 is 2.75 bits per heavy atom. The van der Waals surface area contributed by atoms with Crippen LogP contribution in [0.3, 0.4) is 0 Å². The molecule has 0 atom stereocenters. The van der Waals surface area contributed by atoms with Crippen molar-refractivity contribution in [2.45, 2.75) is 31.7 Å². The number of hydrogen-bond donors (Lipinski definition) is 0. The summed E-state index contributed by atoms with van der Waals surface area (Å²) in [5.41, 5.74) is 2.07. The molecule has 1 heterocycles. The van der Waals surface area contributed by atoms with Crippen molar-refractivity contribution in [2.75, 3.05) is 0 Å². The van der Waals surface area contributed by atoms with E-state index in [9.17, 15) is 4.79 Å². The number of nitrogens with zero attached hydrogens (tertiary/aromatic N) is 2. The molecule has 0 N–H and O–H groups in total. The van der Waals surface area contributed by atoms with Crippen molar-refractivity contribution in [3.63, 3.8) is 0 Å². The molecule has 0 spiro atoms. The maximum absolute atomic E-state index is 11.3. The van der Waals surface area contributed by atoms with Gasteiger partial charge in [0.15, 0.2) is 6.29 Å². The molecule has 0 unspecified atom stereocenters. The summed E-state index contributed by atoms with van der Waals surface area (Å²) in [6.07, 6.45) is 7.43. The van der Waals surface area contributed by atoms with Gasteiger partial charge in [-0.15, -0.1) is 0 Å². The molecule has 1 aromatic carbocycles. The van der Waals surface area contributed by atoms with Gasteiger partial charge in [-0.1, -0.05) is 46.4 Å². The number of benzene rings is 1. The predicted molar refractivity (Wildman–Crippen MR) is 83.3 cm³/mol. The van der Waals surface area contributed by atoms with Gasteiger partial charge in [0.05, 0.1) is 16.6 Å². The lowest BCUT2D eigenvalue weighted by Gasteiger charge is -2.09. The first-order chi connectivity index (χ1) is 9.69. The van der Waals surface area contributed by atoms with Crippen LogP contribution in [0.15, 0.2) is 28.9 Å². The first kappa shape index (κ1) is 13.8. The number of carbonyl (C=O) groups excluding carboxylic acids is 1. The molecule has 1 aromatic heterocycles. The van der Waals surface area contributed by atoms with Gasteiger partial charge in [0.25, 0.3) is 0 Å². The minimum atomic E-state index is 0.414. The third-order valence-electron chi connectivity index (χ3n) is 3.77. The zero-order valence-electron chi connectivity index (χ0n) is 10.9. The number of carbonyl (C=O) groups is 1. The molecule has 104 valence electrons. The quantitative estimate of drug-likeness (QED) is 0.736. The third-order valence-corrected chi connectivity index (χ3v) is 4.58. The normalized spacial score (nSPS) is 15.7. The van der Waals surface area contributed by atoms with Crippen LogP contribution in [0, 0.1) is 0 Å². The van der Waals surface area contributed by atoms with Crippen molar-refractivity contribution in [1.29, 1.82) is 0 Å². The van der Waals surface area contributed by atoms with Crippen molar-refractivity contribution in [3.05, 3.63) is 39.5 Å². The molecule has 20 heavy (non-hydrogen) atoms. The molecular formula is C15H14BrClN2O. The fourth-order valence-electron chi connectivity index (χ4n) is 2.74. The Labute approximate surface area is 131 Å². The summed E-state index contributed by atoms with van der Waals surface area (Å²) in [7, 11) is 0. The first-order valence-electron chi connectivity index (χ1n) is 6.69. The van der Waals surface area contributed by atoms with Gasteiger partial charge in [-0.05, 0) is 25.0 Å². The molecule has 1 saturated carbocycles. The van der Waals surface area contributed by atoms with Crippen molar-refractivity contribution in [2.24, 2.45) is 0 Å². The zero-order valence-corrected chi connectivity index (χ0v) is 13.2. The number of aldehydes is 1. The Kier molecular flexibility index (Phi) is 3.94. The Hall–Kier alpha value is -1.13. The third kappa shape index (κ3) is 2.54. The molecule has 1 aliphatic carbocycles. The van der Waals surface area contributed by atoms with Gasteiger partial charge in [0.2, 0.25) is 0 Å². The summed E-state index contributed by atoms with van der Waals surface area (Å²) >= 11 is 9.65. The van der Waals surface area contributed by atoms with Gasteiger partial charge in [-0.2, -0.15) is 5.10 Å². The van der Waals surface area contributed by atoms with Crippen molar-refractivity contribution >= 4 is 33.8 Å². The molecule has 0 radical (unpaired) electrons. The van der Waals surface area contributed by atoms with Gasteiger partial charge >= 0.3 is 0 Å². The van der Waals surface area contributed by atoms with Gasteiger partial charge in [0, 0.05) is 16.2 Å². The average molecular weight is 354 g/mol. The van der Waals surface area contributed by atoms with Crippen molar-refractivity contribution < 1.29 is 4.79 Å². The van der Waals surface area contributed by atoms with Crippen LogP contribution in [-0.4, -0.2) is 16.1 Å². The van der Waals surface area contributed by atoms with Crippen LogP contribution in [0.5, 0.6) is 0 Å². The monoisotopic (exact) mass is 352 g/mol. The minimum absolute atomic E-state index is 0.414. The van der Waals surface area contributed by atoms with Gasteiger partial charge < -0.3 is 0 Å². The highest BCUT2D eigenvalue weighted by Gasteiger charge is 2.21. The number of rotatable bonds is 3. The maximum atomic E-state index is 11.3. The van der Waals surface area contributed by atoms with E-state index in [4.69, 9.17) is 11.6 Å². The molecule has 3 nitrogen and oxygen atoms in total. The fraction of sp³-hybridized carbons (Fsp3) is 0.333. The van der Waals surface area contributed by atoms with E-state index in [1.807, 2.05) is 29.1 Å². The average Bonchev–Trinajstić information content (AvgIpc) is 3.07. The van der Waals surface area contributed by atoms with Crippen molar-refractivity contribution in [1.82, 2.24) is 9.78 Å². The highest BCUT2D eigenvalue weighted by molar-refractivity contribution is 9.10. The molecule has 1 fully saturated rings. The number of halogens is 2. The summed E-state index contributed by atoms with van der Waals surface area (Å²) in [4.78, 5) is 11.3. The van der Waals surface area contributed by atoms with Crippen LogP contribution < -0.4 is 0 Å². The van der Waals surface area contributed by atoms with E-state index in [2.05, 4.69) is 21.0 Å². The first-order valence-corrected chi connectivity index (χ1v) is 7.86. The zero-order chi connectivity index (χ0) is 14.1. The summed E-state index contributed by atoms with van der Waals surface area (Å²) < 4.78 is 2.85. The van der Waals surface area contributed by atoms with E-state index in [1.54, 1.807) is 0 Å². The van der Waals surface area contributed by atoms with Crippen LogP contribution in [0.4, 0.5) is 0 Å². The van der Waals surface area contributed by atoms with Crippen LogP contribution >= 0.6 is 27.5 Å². The Balaban J connectivity index is 2.05. The largest absolute Gasteiger partial charge is 0.298 e. The molecule has 2 aromatic rings. The number of hydrogen-bond acceptors (Lipinski definition) is 2. The van der Waals surface area contributed by atoms with Gasteiger partial charge in [-0.3, -0.25) is 9.48 Å². The lowest BCUT2D eigenvalue weighted by atomic mass is 10.1. The topological polar surface area (TPSA) is 34.9 Å². The summed E-state index contributed by atoms with van der Waals surface area (Å²) in [5, 5.41) is 5.21.